The Morgan fingerprint density at radius 3 is 2.32 bits per heavy atom. The van der Waals surface area contributed by atoms with Gasteiger partial charge in [-0.15, -0.1) is 0 Å². The second kappa shape index (κ2) is 6.03. The van der Waals surface area contributed by atoms with Gasteiger partial charge in [0.05, 0.1) is 0 Å². The fourth-order valence-corrected chi connectivity index (χ4v) is 3.11. The van der Waals surface area contributed by atoms with Gasteiger partial charge in [-0.1, -0.05) is 60.7 Å². The van der Waals surface area contributed by atoms with E-state index in [-0.39, 0.29) is 11.8 Å². The number of likely N-dealkylation sites (tertiary alicyclic amines) is 1. The molecule has 3 heteroatoms. The molecule has 1 aliphatic heterocycles. The van der Waals surface area contributed by atoms with E-state index in [4.69, 9.17) is 0 Å². The normalized spacial score (nSPS) is 26.1. The zero-order valence-electron chi connectivity index (χ0n) is 12.8. The number of Topliss-reactive ketones (excluding diaryl/α,β-unsaturated/α-hetero) is 1. The van der Waals surface area contributed by atoms with Crippen LogP contribution in [0.2, 0.25) is 0 Å². The third-order valence-electron chi connectivity index (χ3n) is 4.34. The molecule has 0 saturated carbocycles. The van der Waals surface area contributed by atoms with Gasteiger partial charge in [-0.25, -0.2) is 0 Å². The molecule has 0 bridgehead atoms. The SMILES string of the molecule is C[C@@]1(O)CN(Cc2ccccc2)[C@H](c2ccccc2)CC1=O. The van der Waals surface area contributed by atoms with Gasteiger partial charge in [0.1, 0.15) is 5.60 Å². The Hall–Kier alpha value is -1.97. The van der Waals surface area contributed by atoms with Crippen LogP contribution in [0.3, 0.4) is 0 Å². The van der Waals surface area contributed by atoms with Crippen molar-refractivity contribution in [1.82, 2.24) is 4.90 Å². The number of β-amino-alcohol motifs (C(OH)–C–C–N with tert-alkyl or cyclic N) is 1. The van der Waals surface area contributed by atoms with Crippen molar-refractivity contribution in [2.75, 3.05) is 6.54 Å². The number of carbonyl (C=O) groups is 1. The van der Waals surface area contributed by atoms with Crippen LogP contribution in [-0.4, -0.2) is 27.9 Å². The number of aliphatic hydroxyl groups is 1. The molecule has 1 heterocycles. The predicted molar refractivity (Wildman–Crippen MR) is 86.3 cm³/mol. The average Bonchev–Trinajstić information content (AvgIpc) is 2.52. The fourth-order valence-electron chi connectivity index (χ4n) is 3.11. The van der Waals surface area contributed by atoms with Crippen LogP contribution in [0, 0.1) is 0 Å². The first-order valence-electron chi connectivity index (χ1n) is 7.65. The van der Waals surface area contributed by atoms with E-state index in [1.54, 1.807) is 6.92 Å². The van der Waals surface area contributed by atoms with Gasteiger partial charge in [-0.05, 0) is 18.1 Å². The molecule has 2 atom stereocenters. The highest BCUT2D eigenvalue weighted by molar-refractivity contribution is 5.88. The Morgan fingerprint density at radius 2 is 1.68 bits per heavy atom. The van der Waals surface area contributed by atoms with Gasteiger partial charge in [0.2, 0.25) is 0 Å². The molecule has 114 valence electrons. The molecule has 1 saturated heterocycles. The van der Waals surface area contributed by atoms with Gasteiger partial charge in [-0.2, -0.15) is 0 Å². The third-order valence-corrected chi connectivity index (χ3v) is 4.34. The second-order valence-corrected chi connectivity index (χ2v) is 6.22. The lowest BCUT2D eigenvalue weighted by molar-refractivity contribution is -0.146. The number of carbonyl (C=O) groups excluding carboxylic acids is 1. The first-order valence-corrected chi connectivity index (χ1v) is 7.65. The number of rotatable bonds is 3. The maximum atomic E-state index is 12.2. The van der Waals surface area contributed by atoms with Crippen LogP contribution in [0.5, 0.6) is 0 Å². The van der Waals surface area contributed by atoms with E-state index in [0.717, 1.165) is 12.1 Å². The van der Waals surface area contributed by atoms with E-state index >= 15 is 0 Å². The van der Waals surface area contributed by atoms with Crippen LogP contribution in [0.25, 0.3) is 0 Å². The number of hydrogen-bond donors (Lipinski definition) is 1. The van der Waals surface area contributed by atoms with Crippen LogP contribution < -0.4 is 0 Å². The van der Waals surface area contributed by atoms with Gasteiger partial charge in [-0.3, -0.25) is 9.69 Å². The molecule has 0 aromatic heterocycles. The molecule has 0 radical (unpaired) electrons. The molecule has 1 fully saturated rings. The molecule has 1 N–H and O–H groups in total. The van der Waals surface area contributed by atoms with E-state index in [1.165, 1.54) is 5.56 Å². The van der Waals surface area contributed by atoms with Crippen LogP contribution in [0.15, 0.2) is 60.7 Å². The van der Waals surface area contributed by atoms with E-state index in [9.17, 15) is 9.90 Å². The number of piperidine rings is 1. The van der Waals surface area contributed by atoms with Gasteiger partial charge in [0.25, 0.3) is 0 Å². The van der Waals surface area contributed by atoms with Gasteiger partial charge in [0.15, 0.2) is 5.78 Å². The molecule has 22 heavy (non-hydrogen) atoms. The molecule has 1 aliphatic rings. The largest absolute Gasteiger partial charge is 0.381 e. The summed E-state index contributed by atoms with van der Waals surface area (Å²) in [5.41, 5.74) is 1.05. The summed E-state index contributed by atoms with van der Waals surface area (Å²) in [5.74, 6) is -0.0781. The number of hydrogen-bond acceptors (Lipinski definition) is 3. The van der Waals surface area contributed by atoms with Gasteiger partial charge in [0, 0.05) is 25.6 Å². The van der Waals surface area contributed by atoms with E-state index in [0.29, 0.717) is 13.0 Å². The molecular weight excluding hydrogens is 274 g/mol. The van der Waals surface area contributed by atoms with Crippen molar-refractivity contribution in [3.8, 4) is 0 Å². The third kappa shape index (κ3) is 3.11. The summed E-state index contributed by atoms with van der Waals surface area (Å²) in [6.45, 7) is 2.71. The zero-order chi connectivity index (χ0) is 15.6. The van der Waals surface area contributed by atoms with Gasteiger partial charge >= 0.3 is 0 Å². The Balaban J connectivity index is 1.89. The van der Waals surface area contributed by atoms with E-state index < -0.39 is 5.60 Å². The number of ketones is 1. The molecule has 0 aliphatic carbocycles. The Kier molecular flexibility index (Phi) is 4.10. The highest BCUT2D eigenvalue weighted by Gasteiger charge is 2.41. The lowest BCUT2D eigenvalue weighted by Gasteiger charge is -2.42. The lowest BCUT2D eigenvalue weighted by Crippen LogP contribution is -2.53. The molecule has 0 spiro atoms. The molecule has 0 amide bonds. The average molecular weight is 295 g/mol. The predicted octanol–water partition coefficient (Wildman–Crippen LogP) is 2.95. The minimum atomic E-state index is -1.26. The Bertz CT molecular complexity index is 637. The molecule has 3 nitrogen and oxygen atoms in total. The molecule has 2 aromatic carbocycles. The summed E-state index contributed by atoms with van der Waals surface area (Å²) in [7, 11) is 0. The summed E-state index contributed by atoms with van der Waals surface area (Å²) in [6, 6.07) is 20.3. The fraction of sp³-hybridized carbons (Fsp3) is 0.316. The Morgan fingerprint density at radius 1 is 1.09 bits per heavy atom. The molecule has 3 rings (SSSR count). The number of nitrogens with zero attached hydrogens (tertiary/aromatic N) is 1. The number of benzene rings is 2. The quantitative estimate of drug-likeness (QED) is 0.946. The molecule has 0 unspecified atom stereocenters. The molecular formula is C19H21NO2. The summed E-state index contributed by atoms with van der Waals surface area (Å²) < 4.78 is 0. The Labute approximate surface area is 131 Å². The van der Waals surface area contributed by atoms with Crippen LogP contribution in [0.1, 0.15) is 30.5 Å². The summed E-state index contributed by atoms with van der Waals surface area (Å²) >= 11 is 0. The topological polar surface area (TPSA) is 40.5 Å². The minimum Gasteiger partial charge on any atom is -0.381 e. The zero-order valence-corrected chi connectivity index (χ0v) is 12.8. The first-order chi connectivity index (χ1) is 10.6. The lowest BCUT2D eigenvalue weighted by atomic mass is 9.85. The minimum absolute atomic E-state index is 0.0223. The standard InChI is InChI=1S/C19H21NO2/c1-19(22)14-20(13-15-8-4-2-5-9-15)17(12-18(19)21)16-10-6-3-7-11-16/h2-11,17,22H,12-14H2,1H3/t17-,19+/m0/s1. The van der Waals surface area contributed by atoms with Crippen LogP contribution >= 0.6 is 0 Å². The summed E-state index contributed by atoms with van der Waals surface area (Å²) in [5, 5.41) is 10.4. The highest BCUT2D eigenvalue weighted by Crippen LogP contribution is 2.34. The molecule has 2 aromatic rings. The van der Waals surface area contributed by atoms with Gasteiger partial charge < -0.3 is 5.11 Å². The van der Waals surface area contributed by atoms with E-state index in [1.807, 2.05) is 36.4 Å². The maximum absolute atomic E-state index is 12.2. The smallest absolute Gasteiger partial charge is 0.167 e. The van der Waals surface area contributed by atoms with Crippen LogP contribution in [-0.2, 0) is 11.3 Å². The van der Waals surface area contributed by atoms with E-state index in [2.05, 4.69) is 29.2 Å². The van der Waals surface area contributed by atoms with Crippen molar-refractivity contribution < 1.29 is 9.90 Å². The van der Waals surface area contributed by atoms with Crippen molar-refractivity contribution in [3.63, 3.8) is 0 Å². The van der Waals surface area contributed by atoms with Crippen molar-refractivity contribution in [3.05, 3.63) is 71.8 Å². The maximum Gasteiger partial charge on any atom is 0.167 e. The van der Waals surface area contributed by atoms with Crippen molar-refractivity contribution >= 4 is 5.78 Å². The summed E-state index contributed by atoms with van der Waals surface area (Å²) in [6.07, 6.45) is 0.351. The van der Waals surface area contributed by atoms with Crippen molar-refractivity contribution in [1.29, 1.82) is 0 Å². The first kappa shape index (κ1) is 14.9. The van der Waals surface area contributed by atoms with Crippen molar-refractivity contribution in [2.24, 2.45) is 0 Å². The monoisotopic (exact) mass is 295 g/mol. The second-order valence-electron chi connectivity index (χ2n) is 6.22. The highest BCUT2D eigenvalue weighted by atomic mass is 16.3. The van der Waals surface area contributed by atoms with Crippen LogP contribution in [0.4, 0.5) is 0 Å². The van der Waals surface area contributed by atoms with Crippen molar-refractivity contribution in [2.45, 2.75) is 31.5 Å². The summed E-state index contributed by atoms with van der Waals surface area (Å²) in [4.78, 5) is 14.4.